The van der Waals surface area contributed by atoms with Crippen LogP contribution in [-0.2, 0) is 4.79 Å². The number of nitrogens with one attached hydrogen (secondary N) is 1. The lowest BCUT2D eigenvalue weighted by Gasteiger charge is -2.27. The summed E-state index contributed by atoms with van der Waals surface area (Å²) in [5.41, 5.74) is 6.16. The van der Waals surface area contributed by atoms with Crippen LogP contribution in [0, 0.1) is 5.92 Å². The van der Waals surface area contributed by atoms with Gasteiger partial charge in [0.05, 0.1) is 12.7 Å². The minimum absolute atomic E-state index is 0.00533. The van der Waals surface area contributed by atoms with Crippen LogP contribution in [0.25, 0.3) is 0 Å². The van der Waals surface area contributed by atoms with Gasteiger partial charge >= 0.3 is 0 Å². The van der Waals surface area contributed by atoms with E-state index in [0.717, 1.165) is 19.3 Å². The van der Waals surface area contributed by atoms with Crippen molar-refractivity contribution in [1.29, 1.82) is 0 Å². The Morgan fingerprint density at radius 2 is 2.16 bits per heavy atom. The number of carbonyl (C=O) groups is 2. The molecule has 1 aliphatic carbocycles. The highest BCUT2D eigenvalue weighted by Crippen LogP contribution is 2.33. The van der Waals surface area contributed by atoms with Crippen molar-refractivity contribution in [3.63, 3.8) is 0 Å². The molecule has 3 rings (SSSR count). The lowest BCUT2D eigenvalue weighted by atomic mass is 10.1. The second kappa shape index (κ2) is 7.62. The average molecular weight is 366 g/mol. The molecule has 6 nitrogen and oxygen atoms in total. The summed E-state index contributed by atoms with van der Waals surface area (Å²) < 4.78 is 5.28. The van der Waals surface area contributed by atoms with E-state index in [4.69, 9.17) is 22.1 Å². The molecule has 7 heteroatoms. The highest BCUT2D eigenvalue weighted by Gasteiger charge is 2.38. The molecule has 136 valence electrons. The number of hydrogen-bond donors (Lipinski definition) is 2. The fourth-order valence-corrected chi connectivity index (χ4v) is 3.60. The standard InChI is InChI=1S/C18H24ClN3O3/c1-25-16-7-6-12(19)9-13(16)18(24)22-8-2-3-15(22)17(23)21-14(10-20)11-4-5-11/h6-7,9,11,14-15H,2-5,8,10,20H2,1H3,(H,21,23). The van der Waals surface area contributed by atoms with Crippen LogP contribution < -0.4 is 15.8 Å². The monoisotopic (exact) mass is 365 g/mol. The number of amides is 2. The lowest BCUT2D eigenvalue weighted by molar-refractivity contribution is -0.125. The van der Waals surface area contributed by atoms with Crippen LogP contribution in [-0.4, -0.2) is 49.0 Å². The number of ether oxygens (including phenoxy) is 1. The molecular formula is C18H24ClN3O3. The first-order chi connectivity index (χ1) is 12.0. The van der Waals surface area contributed by atoms with E-state index in [2.05, 4.69) is 5.32 Å². The van der Waals surface area contributed by atoms with Gasteiger partial charge < -0.3 is 20.7 Å². The van der Waals surface area contributed by atoms with Crippen molar-refractivity contribution in [2.45, 2.75) is 37.8 Å². The third-order valence-corrected chi connectivity index (χ3v) is 5.22. The molecule has 2 atom stereocenters. The fourth-order valence-electron chi connectivity index (χ4n) is 3.43. The van der Waals surface area contributed by atoms with Crippen LogP contribution in [0.4, 0.5) is 0 Å². The number of benzene rings is 1. The molecular weight excluding hydrogens is 342 g/mol. The number of halogens is 1. The summed E-state index contributed by atoms with van der Waals surface area (Å²) in [4.78, 5) is 27.3. The average Bonchev–Trinajstić information content (AvgIpc) is 3.34. The lowest BCUT2D eigenvalue weighted by Crippen LogP contribution is -2.51. The smallest absolute Gasteiger partial charge is 0.258 e. The van der Waals surface area contributed by atoms with Crippen LogP contribution in [0.3, 0.4) is 0 Å². The zero-order chi connectivity index (χ0) is 18.0. The zero-order valence-electron chi connectivity index (χ0n) is 14.3. The maximum atomic E-state index is 13.0. The van der Waals surface area contributed by atoms with Crippen LogP contribution in [0.1, 0.15) is 36.0 Å². The Balaban J connectivity index is 1.75. The van der Waals surface area contributed by atoms with Gasteiger partial charge in [0.15, 0.2) is 0 Å². The van der Waals surface area contributed by atoms with Gasteiger partial charge in [-0.2, -0.15) is 0 Å². The molecule has 0 radical (unpaired) electrons. The number of hydrogen-bond acceptors (Lipinski definition) is 4. The summed E-state index contributed by atoms with van der Waals surface area (Å²) in [7, 11) is 1.51. The van der Waals surface area contributed by atoms with Gasteiger partial charge in [0.25, 0.3) is 5.91 Å². The maximum absolute atomic E-state index is 13.0. The van der Waals surface area contributed by atoms with E-state index in [0.29, 0.717) is 41.8 Å². The van der Waals surface area contributed by atoms with E-state index in [1.807, 2.05) is 0 Å². The summed E-state index contributed by atoms with van der Waals surface area (Å²) in [6, 6.07) is 4.46. The first-order valence-electron chi connectivity index (χ1n) is 8.70. The normalized spacial score (nSPS) is 21.1. The van der Waals surface area contributed by atoms with E-state index in [-0.39, 0.29) is 17.9 Å². The van der Waals surface area contributed by atoms with Crippen molar-refractivity contribution in [1.82, 2.24) is 10.2 Å². The molecule has 1 aliphatic heterocycles. The molecule has 2 aliphatic rings. The van der Waals surface area contributed by atoms with Gasteiger partial charge in [-0.15, -0.1) is 0 Å². The number of nitrogens with zero attached hydrogens (tertiary/aromatic N) is 1. The number of carbonyl (C=O) groups excluding carboxylic acids is 2. The number of likely N-dealkylation sites (tertiary alicyclic amines) is 1. The van der Waals surface area contributed by atoms with Gasteiger partial charge in [-0.3, -0.25) is 9.59 Å². The largest absolute Gasteiger partial charge is 0.496 e. The Hall–Kier alpha value is -1.79. The van der Waals surface area contributed by atoms with Gasteiger partial charge in [-0.25, -0.2) is 0 Å². The van der Waals surface area contributed by atoms with Gasteiger partial charge in [-0.05, 0) is 49.8 Å². The Morgan fingerprint density at radius 1 is 1.40 bits per heavy atom. The molecule has 2 unspecified atom stereocenters. The SMILES string of the molecule is COc1ccc(Cl)cc1C(=O)N1CCCC1C(=O)NC(CN)C1CC1. The van der Waals surface area contributed by atoms with E-state index in [1.54, 1.807) is 23.1 Å². The van der Waals surface area contributed by atoms with Gasteiger partial charge in [0.2, 0.25) is 5.91 Å². The molecule has 0 aromatic heterocycles. The second-order valence-electron chi connectivity index (χ2n) is 6.69. The number of rotatable bonds is 6. The maximum Gasteiger partial charge on any atom is 0.258 e. The molecule has 2 fully saturated rings. The molecule has 1 aromatic rings. The molecule has 1 heterocycles. The van der Waals surface area contributed by atoms with E-state index >= 15 is 0 Å². The Morgan fingerprint density at radius 3 is 2.80 bits per heavy atom. The number of nitrogens with two attached hydrogens (primary N) is 1. The van der Waals surface area contributed by atoms with Gasteiger partial charge in [-0.1, -0.05) is 11.6 Å². The van der Waals surface area contributed by atoms with Crippen molar-refractivity contribution >= 4 is 23.4 Å². The molecule has 1 aromatic carbocycles. The first kappa shape index (κ1) is 18.0. The summed E-state index contributed by atoms with van der Waals surface area (Å²) in [5.74, 6) is 0.590. The fraction of sp³-hybridized carbons (Fsp3) is 0.556. The topological polar surface area (TPSA) is 84.7 Å². The minimum Gasteiger partial charge on any atom is -0.496 e. The zero-order valence-corrected chi connectivity index (χ0v) is 15.1. The Kier molecular flexibility index (Phi) is 5.49. The van der Waals surface area contributed by atoms with Crippen molar-refractivity contribution in [3.8, 4) is 5.75 Å². The van der Waals surface area contributed by atoms with Crippen LogP contribution >= 0.6 is 11.6 Å². The third-order valence-electron chi connectivity index (χ3n) is 4.98. The quantitative estimate of drug-likeness (QED) is 0.805. The highest BCUT2D eigenvalue weighted by atomic mass is 35.5. The Labute approximate surface area is 152 Å². The predicted octanol–water partition coefficient (Wildman–Crippen LogP) is 1.81. The Bertz CT molecular complexity index is 663. The van der Waals surface area contributed by atoms with Crippen molar-refractivity contribution in [3.05, 3.63) is 28.8 Å². The van der Waals surface area contributed by atoms with Crippen molar-refractivity contribution in [2.24, 2.45) is 11.7 Å². The summed E-state index contributed by atoms with van der Waals surface area (Å²) in [5, 5.41) is 3.49. The summed E-state index contributed by atoms with van der Waals surface area (Å²) >= 11 is 6.03. The van der Waals surface area contributed by atoms with Gasteiger partial charge in [0.1, 0.15) is 11.8 Å². The molecule has 3 N–H and O–H groups in total. The molecule has 1 saturated heterocycles. The first-order valence-corrected chi connectivity index (χ1v) is 9.08. The molecule has 0 spiro atoms. The second-order valence-corrected chi connectivity index (χ2v) is 7.13. The van der Waals surface area contributed by atoms with Crippen LogP contribution in [0.15, 0.2) is 18.2 Å². The van der Waals surface area contributed by atoms with E-state index < -0.39 is 6.04 Å². The predicted molar refractivity (Wildman–Crippen MR) is 95.8 cm³/mol. The molecule has 2 amide bonds. The highest BCUT2D eigenvalue weighted by molar-refractivity contribution is 6.31. The van der Waals surface area contributed by atoms with Crippen LogP contribution in [0.2, 0.25) is 5.02 Å². The van der Waals surface area contributed by atoms with E-state index in [1.165, 1.54) is 7.11 Å². The molecule has 1 saturated carbocycles. The molecule has 25 heavy (non-hydrogen) atoms. The minimum atomic E-state index is -0.469. The van der Waals surface area contributed by atoms with Gasteiger partial charge in [0, 0.05) is 24.2 Å². The van der Waals surface area contributed by atoms with E-state index in [9.17, 15) is 9.59 Å². The third kappa shape index (κ3) is 3.90. The van der Waals surface area contributed by atoms with Crippen LogP contribution in [0.5, 0.6) is 5.75 Å². The summed E-state index contributed by atoms with van der Waals surface area (Å²) in [6.07, 6.45) is 3.66. The molecule has 0 bridgehead atoms. The van der Waals surface area contributed by atoms with Crippen molar-refractivity contribution < 1.29 is 14.3 Å². The number of methoxy groups -OCH3 is 1. The summed E-state index contributed by atoms with van der Waals surface area (Å²) in [6.45, 7) is 0.975. The van der Waals surface area contributed by atoms with Crippen molar-refractivity contribution in [2.75, 3.05) is 20.2 Å².